The third-order valence-corrected chi connectivity index (χ3v) is 4.73. The predicted molar refractivity (Wildman–Crippen MR) is 90.8 cm³/mol. The van der Waals surface area contributed by atoms with Gasteiger partial charge in [0.05, 0.1) is 15.0 Å². The van der Waals surface area contributed by atoms with Crippen LogP contribution in [0.4, 0.5) is 5.69 Å². The fraction of sp³-hybridized carbons (Fsp3) is 0. The molecule has 0 aliphatic heterocycles. The molecule has 0 aliphatic carbocycles. The molecule has 0 spiro atoms. The minimum atomic E-state index is -1.10. The third-order valence-electron chi connectivity index (χ3n) is 2.49. The van der Waals surface area contributed by atoms with E-state index in [9.17, 15) is 9.59 Å². The smallest absolute Gasteiger partial charge is 0.337 e. The van der Waals surface area contributed by atoms with Gasteiger partial charge >= 0.3 is 5.97 Å². The zero-order valence-electron chi connectivity index (χ0n) is 10.5. The lowest BCUT2D eigenvalue weighted by molar-refractivity contribution is -0.111. The molecule has 0 saturated carbocycles. The topological polar surface area (TPSA) is 66.4 Å². The maximum atomic E-state index is 11.9. The summed E-state index contributed by atoms with van der Waals surface area (Å²) in [6.45, 7) is 0. The average Bonchev–Trinajstić information content (AvgIpc) is 2.84. The first-order valence-electron chi connectivity index (χ1n) is 5.73. The molecule has 21 heavy (non-hydrogen) atoms. The molecule has 0 radical (unpaired) electrons. The highest BCUT2D eigenvalue weighted by Gasteiger charge is 2.14. The molecule has 108 valence electrons. The lowest BCUT2D eigenvalue weighted by atomic mass is 10.2. The van der Waals surface area contributed by atoms with Crippen molar-refractivity contribution in [2.75, 3.05) is 5.32 Å². The Bertz CT molecular complexity index is 725. The van der Waals surface area contributed by atoms with E-state index in [-0.39, 0.29) is 11.3 Å². The van der Waals surface area contributed by atoms with Crippen molar-refractivity contribution in [1.82, 2.24) is 0 Å². The third kappa shape index (κ3) is 4.26. The van der Waals surface area contributed by atoms with Crippen LogP contribution in [0.1, 0.15) is 15.2 Å². The quantitative estimate of drug-likeness (QED) is 0.695. The summed E-state index contributed by atoms with van der Waals surface area (Å²) >= 11 is 8.07. The number of carbonyl (C=O) groups excluding carboxylic acids is 1. The fourth-order valence-electron chi connectivity index (χ4n) is 1.57. The number of aromatic carboxylic acids is 1. The Balaban J connectivity index is 2.16. The zero-order valence-corrected chi connectivity index (χ0v) is 14.5. The Hall–Kier alpha value is -1.44. The molecule has 0 bridgehead atoms. The number of anilines is 1. The number of thiophene rings is 1. The molecule has 2 aromatic rings. The number of carboxylic acid groups (broad SMARTS) is 1. The minimum Gasteiger partial charge on any atom is -0.478 e. The molecule has 0 aliphatic rings. The first-order chi connectivity index (χ1) is 9.97. The van der Waals surface area contributed by atoms with Crippen molar-refractivity contribution in [3.8, 4) is 0 Å². The molecule has 0 fully saturated rings. The number of hydrogen-bond acceptors (Lipinski definition) is 3. The van der Waals surface area contributed by atoms with Crippen molar-refractivity contribution in [3.63, 3.8) is 0 Å². The van der Waals surface area contributed by atoms with Gasteiger partial charge in [-0.1, -0.05) is 6.07 Å². The molecular weight excluding hydrogens is 422 g/mol. The lowest BCUT2D eigenvalue weighted by Gasteiger charge is -2.08. The highest BCUT2D eigenvalue weighted by atomic mass is 79.9. The Labute approximate surface area is 141 Å². The summed E-state index contributed by atoms with van der Waals surface area (Å²) < 4.78 is 1.49. The molecule has 0 saturated heterocycles. The fourth-order valence-corrected chi connectivity index (χ4v) is 3.36. The maximum Gasteiger partial charge on any atom is 0.337 e. The summed E-state index contributed by atoms with van der Waals surface area (Å²) in [6.07, 6.45) is 3.03. The van der Waals surface area contributed by atoms with Gasteiger partial charge in [-0.2, -0.15) is 0 Å². The van der Waals surface area contributed by atoms with Gasteiger partial charge in [-0.05, 0) is 62.2 Å². The van der Waals surface area contributed by atoms with Crippen molar-refractivity contribution < 1.29 is 14.7 Å². The Kier molecular flexibility index (Phi) is 5.33. The Morgan fingerprint density at radius 2 is 1.95 bits per heavy atom. The lowest BCUT2D eigenvalue weighted by Crippen LogP contribution is -2.12. The molecule has 2 N–H and O–H groups in total. The molecule has 1 aromatic heterocycles. The summed E-state index contributed by atoms with van der Waals surface area (Å²) in [7, 11) is 0. The predicted octanol–water partition coefficient (Wildman–Crippen LogP) is 4.62. The van der Waals surface area contributed by atoms with Gasteiger partial charge in [-0.3, -0.25) is 4.79 Å². The Morgan fingerprint density at radius 3 is 2.57 bits per heavy atom. The van der Waals surface area contributed by atoms with E-state index in [1.807, 2.05) is 12.1 Å². The van der Waals surface area contributed by atoms with E-state index in [0.29, 0.717) is 4.47 Å². The number of carboxylic acids is 1. The second kappa shape index (κ2) is 7.02. The minimum absolute atomic E-state index is 0.0324. The van der Waals surface area contributed by atoms with E-state index in [2.05, 4.69) is 37.2 Å². The number of para-hydroxylation sites is 1. The van der Waals surface area contributed by atoms with Gasteiger partial charge in [0.1, 0.15) is 0 Å². The van der Waals surface area contributed by atoms with Crippen LogP contribution in [0.25, 0.3) is 6.08 Å². The molecule has 0 unspecified atom stereocenters. The van der Waals surface area contributed by atoms with Gasteiger partial charge in [0.2, 0.25) is 5.91 Å². The number of benzene rings is 1. The summed E-state index contributed by atoms with van der Waals surface area (Å²) in [5, 5.41) is 11.7. The van der Waals surface area contributed by atoms with Gasteiger partial charge < -0.3 is 10.4 Å². The zero-order chi connectivity index (χ0) is 15.4. The van der Waals surface area contributed by atoms with Crippen LogP contribution in [-0.4, -0.2) is 17.0 Å². The molecule has 7 heteroatoms. The van der Waals surface area contributed by atoms with E-state index in [1.165, 1.54) is 23.5 Å². The van der Waals surface area contributed by atoms with Gasteiger partial charge in [-0.25, -0.2) is 4.79 Å². The van der Waals surface area contributed by atoms with E-state index in [1.54, 1.807) is 18.2 Å². The van der Waals surface area contributed by atoms with Crippen LogP contribution in [-0.2, 0) is 4.79 Å². The van der Waals surface area contributed by atoms with Crippen molar-refractivity contribution in [1.29, 1.82) is 0 Å². The SMILES string of the molecule is O=C(C=Cc1ccc(Br)s1)Nc1c(Br)cccc1C(=O)O. The van der Waals surface area contributed by atoms with Crippen LogP contribution in [0.3, 0.4) is 0 Å². The van der Waals surface area contributed by atoms with Gasteiger partial charge in [0.15, 0.2) is 0 Å². The molecule has 4 nitrogen and oxygen atoms in total. The van der Waals surface area contributed by atoms with Crippen molar-refractivity contribution >= 4 is 66.8 Å². The number of amides is 1. The van der Waals surface area contributed by atoms with Gasteiger partial charge in [0, 0.05) is 15.4 Å². The van der Waals surface area contributed by atoms with Crippen LogP contribution >= 0.6 is 43.2 Å². The summed E-state index contributed by atoms with van der Waals surface area (Å²) in [5.41, 5.74) is 0.275. The average molecular weight is 431 g/mol. The Morgan fingerprint density at radius 1 is 1.19 bits per heavy atom. The van der Waals surface area contributed by atoms with Crippen LogP contribution < -0.4 is 5.32 Å². The molecule has 1 aromatic carbocycles. The summed E-state index contributed by atoms with van der Waals surface area (Å²) in [6, 6.07) is 8.46. The van der Waals surface area contributed by atoms with E-state index < -0.39 is 11.9 Å². The maximum absolute atomic E-state index is 11.9. The number of hydrogen-bond donors (Lipinski definition) is 2. The summed E-state index contributed by atoms with van der Waals surface area (Å²) in [4.78, 5) is 24.0. The summed E-state index contributed by atoms with van der Waals surface area (Å²) in [5.74, 6) is -1.49. The standard InChI is InChI=1S/C14H9Br2NO3S/c15-10-3-1-2-9(14(19)20)13(10)17-12(18)7-5-8-4-6-11(16)21-8/h1-7H,(H,17,18)(H,19,20). The van der Waals surface area contributed by atoms with E-state index in [0.717, 1.165) is 8.66 Å². The highest BCUT2D eigenvalue weighted by Crippen LogP contribution is 2.27. The van der Waals surface area contributed by atoms with Crippen LogP contribution in [0.2, 0.25) is 0 Å². The molecule has 2 rings (SSSR count). The molecule has 0 atom stereocenters. The van der Waals surface area contributed by atoms with E-state index >= 15 is 0 Å². The second-order valence-electron chi connectivity index (χ2n) is 3.93. The first kappa shape index (κ1) is 15.9. The van der Waals surface area contributed by atoms with Crippen LogP contribution in [0.5, 0.6) is 0 Å². The van der Waals surface area contributed by atoms with Crippen LogP contribution in [0, 0.1) is 0 Å². The monoisotopic (exact) mass is 429 g/mol. The number of halogens is 2. The molecule has 1 heterocycles. The first-order valence-corrected chi connectivity index (χ1v) is 8.14. The van der Waals surface area contributed by atoms with Gasteiger partial charge in [-0.15, -0.1) is 11.3 Å². The second-order valence-corrected chi connectivity index (χ2v) is 7.28. The number of nitrogens with one attached hydrogen (secondary N) is 1. The van der Waals surface area contributed by atoms with Crippen molar-refractivity contribution in [2.24, 2.45) is 0 Å². The largest absolute Gasteiger partial charge is 0.478 e. The van der Waals surface area contributed by atoms with Crippen molar-refractivity contribution in [2.45, 2.75) is 0 Å². The normalized spacial score (nSPS) is 10.8. The van der Waals surface area contributed by atoms with Crippen molar-refractivity contribution in [3.05, 3.63) is 55.1 Å². The van der Waals surface area contributed by atoms with E-state index in [4.69, 9.17) is 5.11 Å². The highest BCUT2D eigenvalue weighted by molar-refractivity contribution is 9.11. The van der Waals surface area contributed by atoms with Gasteiger partial charge in [0.25, 0.3) is 0 Å². The molecule has 1 amide bonds. The number of rotatable bonds is 4. The number of carbonyl (C=O) groups is 2. The van der Waals surface area contributed by atoms with Crippen LogP contribution in [0.15, 0.2) is 44.7 Å². The molecular formula is C14H9Br2NO3S.